The smallest absolute Gasteiger partial charge is 0.412 e. The predicted octanol–water partition coefficient (Wildman–Crippen LogP) is 4.60. The van der Waals surface area contributed by atoms with E-state index < -0.39 is 11.0 Å². The summed E-state index contributed by atoms with van der Waals surface area (Å²) in [6.07, 6.45) is 2.28. The van der Waals surface area contributed by atoms with Gasteiger partial charge in [-0.2, -0.15) is 0 Å². The van der Waals surface area contributed by atoms with Gasteiger partial charge >= 0.3 is 6.09 Å². The monoisotopic (exact) mass is 320 g/mol. The number of hydrogen-bond donors (Lipinski definition) is 1. The van der Waals surface area contributed by atoms with E-state index in [0.717, 1.165) is 19.3 Å². The van der Waals surface area contributed by atoms with Gasteiger partial charge in [0, 0.05) is 6.07 Å². The van der Waals surface area contributed by atoms with Crippen molar-refractivity contribution in [1.82, 2.24) is 0 Å². The highest BCUT2D eigenvalue weighted by Gasteiger charge is 2.32. The van der Waals surface area contributed by atoms with Gasteiger partial charge in [0.05, 0.1) is 4.92 Å². The van der Waals surface area contributed by atoms with Crippen LogP contribution in [0.1, 0.15) is 40.0 Å². The lowest BCUT2D eigenvalue weighted by Gasteiger charge is -2.35. The second kappa shape index (κ2) is 7.44. The Morgan fingerprint density at radius 1 is 1.35 bits per heavy atom. The summed E-state index contributed by atoms with van der Waals surface area (Å²) in [6.45, 7) is 6.45. The SMILES string of the molecule is CC(C)C1CCC(C)C(OC(=O)Nc2ccccc2[N+](=O)[O-])C1. The van der Waals surface area contributed by atoms with Gasteiger partial charge in [0.25, 0.3) is 5.69 Å². The molecule has 23 heavy (non-hydrogen) atoms. The topological polar surface area (TPSA) is 81.5 Å². The minimum absolute atomic E-state index is 0.138. The van der Waals surface area contributed by atoms with E-state index >= 15 is 0 Å². The van der Waals surface area contributed by atoms with E-state index in [9.17, 15) is 14.9 Å². The molecule has 1 aliphatic carbocycles. The van der Waals surface area contributed by atoms with Crippen LogP contribution in [0.3, 0.4) is 0 Å². The summed E-state index contributed by atoms with van der Waals surface area (Å²) in [5.74, 6) is 1.42. The number of nitrogens with zero attached hydrogens (tertiary/aromatic N) is 1. The number of ether oxygens (including phenoxy) is 1. The third-order valence-corrected chi connectivity index (χ3v) is 4.70. The van der Waals surface area contributed by atoms with Crippen LogP contribution in [-0.4, -0.2) is 17.1 Å². The number of nitrogens with one attached hydrogen (secondary N) is 1. The summed E-state index contributed by atoms with van der Waals surface area (Å²) in [7, 11) is 0. The Morgan fingerprint density at radius 2 is 2.04 bits per heavy atom. The highest BCUT2D eigenvalue weighted by Crippen LogP contribution is 2.35. The van der Waals surface area contributed by atoms with E-state index in [-0.39, 0.29) is 17.5 Å². The maximum atomic E-state index is 12.1. The molecule has 1 fully saturated rings. The number of benzene rings is 1. The lowest BCUT2D eigenvalue weighted by atomic mass is 9.76. The van der Waals surface area contributed by atoms with Crippen molar-refractivity contribution in [3.05, 3.63) is 34.4 Å². The third kappa shape index (κ3) is 4.43. The average Bonchev–Trinajstić information content (AvgIpc) is 2.49. The number of nitro groups is 1. The van der Waals surface area contributed by atoms with E-state index in [1.807, 2.05) is 0 Å². The van der Waals surface area contributed by atoms with Crippen molar-refractivity contribution in [1.29, 1.82) is 0 Å². The molecule has 1 aromatic rings. The fourth-order valence-electron chi connectivity index (χ4n) is 3.10. The summed E-state index contributed by atoms with van der Waals surface area (Å²) in [5, 5.41) is 13.5. The maximum Gasteiger partial charge on any atom is 0.412 e. The second-order valence-electron chi connectivity index (χ2n) is 6.64. The highest BCUT2D eigenvalue weighted by molar-refractivity contribution is 5.87. The second-order valence-corrected chi connectivity index (χ2v) is 6.64. The van der Waals surface area contributed by atoms with Crippen LogP contribution in [0.2, 0.25) is 0 Å². The molecule has 1 N–H and O–H groups in total. The van der Waals surface area contributed by atoms with E-state index in [4.69, 9.17) is 4.74 Å². The molecule has 0 aromatic heterocycles. The molecule has 3 unspecified atom stereocenters. The molecule has 6 nitrogen and oxygen atoms in total. The summed E-state index contributed by atoms with van der Waals surface area (Å²) >= 11 is 0. The van der Waals surface area contributed by atoms with Gasteiger partial charge in [-0.3, -0.25) is 15.4 Å². The minimum atomic E-state index is -0.624. The zero-order valence-electron chi connectivity index (χ0n) is 13.8. The number of para-hydroxylation sites is 2. The van der Waals surface area contributed by atoms with Crippen LogP contribution in [0.15, 0.2) is 24.3 Å². The molecule has 0 heterocycles. The molecule has 1 amide bonds. The number of amides is 1. The molecular weight excluding hydrogens is 296 g/mol. The lowest BCUT2D eigenvalue weighted by molar-refractivity contribution is -0.383. The Kier molecular flexibility index (Phi) is 5.58. The zero-order chi connectivity index (χ0) is 17.0. The zero-order valence-corrected chi connectivity index (χ0v) is 13.8. The van der Waals surface area contributed by atoms with Gasteiger partial charge in [0.15, 0.2) is 0 Å². The first kappa shape index (κ1) is 17.2. The molecular formula is C17H24N2O4. The molecule has 6 heteroatoms. The summed E-state index contributed by atoms with van der Waals surface area (Å²) < 4.78 is 5.55. The van der Waals surface area contributed by atoms with Crippen molar-refractivity contribution in [3.8, 4) is 0 Å². The standard InChI is InChI=1S/C17H24N2O4/c1-11(2)13-9-8-12(3)16(10-13)23-17(20)18-14-6-4-5-7-15(14)19(21)22/h4-7,11-13,16H,8-10H2,1-3H3,(H,18,20). The van der Waals surface area contributed by atoms with Crippen LogP contribution in [-0.2, 0) is 4.74 Å². The Labute approximate surface area is 136 Å². The Bertz CT molecular complexity index is 573. The first-order valence-corrected chi connectivity index (χ1v) is 8.09. The number of nitro benzene ring substituents is 1. The quantitative estimate of drug-likeness (QED) is 0.649. The Morgan fingerprint density at radius 3 is 2.70 bits per heavy atom. The molecule has 2 rings (SSSR count). The van der Waals surface area contributed by atoms with Crippen molar-refractivity contribution in [3.63, 3.8) is 0 Å². The lowest BCUT2D eigenvalue weighted by Crippen LogP contribution is -2.35. The van der Waals surface area contributed by atoms with Gasteiger partial charge in [-0.15, -0.1) is 0 Å². The van der Waals surface area contributed by atoms with Crippen LogP contribution in [0, 0.1) is 27.9 Å². The molecule has 0 radical (unpaired) electrons. The van der Waals surface area contributed by atoms with Gasteiger partial charge in [-0.05, 0) is 43.1 Å². The first-order chi connectivity index (χ1) is 10.9. The number of carbonyl (C=O) groups excluding carboxylic acids is 1. The van der Waals surface area contributed by atoms with Crippen molar-refractivity contribution in [2.45, 2.75) is 46.1 Å². The Hall–Kier alpha value is -2.11. The summed E-state index contributed by atoms with van der Waals surface area (Å²) in [4.78, 5) is 22.6. The number of rotatable bonds is 4. The summed E-state index contributed by atoms with van der Waals surface area (Å²) in [5.41, 5.74) is 0.0209. The molecule has 0 aliphatic heterocycles. The van der Waals surface area contributed by atoms with Gasteiger partial charge in [0.2, 0.25) is 0 Å². The Balaban J connectivity index is 2.00. The van der Waals surface area contributed by atoms with Crippen molar-refractivity contribution in [2.75, 3.05) is 5.32 Å². The molecule has 3 atom stereocenters. The number of hydrogen-bond acceptors (Lipinski definition) is 4. The van der Waals surface area contributed by atoms with E-state index in [2.05, 4.69) is 26.1 Å². The average molecular weight is 320 g/mol. The van der Waals surface area contributed by atoms with Crippen LogP contribution in [0.25, 0.3) is 0 Å². The fraction of sp³-hybridized carbons (Fsp3) is 0.588. The number of carbonyl (C=O) groups is 1. The molecule has 1 saturated carbocycles. The maximum absolute atomic E-state index is 12.1. The normalized spacial score (nSPS) is 24.3. The molecule has 0 bridgehead atoms. The molecule has 0 spiro atoms. The van der Waals surface area contributed by atoms with Gasteiger partial charge in [-0.25, -0.2) is 4.79 Å². The van der Waals surface area contributed by atoms with Crippen molar-refractivity contribution in [2.24, 2.45) is 17.8 Å². The minimum Gasteiger partial charge on any atom is -0.446 e. The fourth-order valence-corrected chi connectivity index (χ4v) is 3.10. The highest BCUT2D eigenvalue weighted by atomic mass is 16.6. The van der Waals surface area contributed by atoms with E-state index in [0.29, 0.717) is 17.8 Å². The first-order valence-electron chi connectivity index (χ1n) is 8.09. The van der Waals surface area contributed by atoms with Gasteiger partial charge in [-0.1, -0.05) is 32.9 Å². The van der Waals surface area contributed by atoms with Gasteiger partial charge < -0.3 is 4.74 Å². The van der Waals surface area contributed by atoms with E-state index in [1.165, 1.54) is 12.1 Å². The third-order valence-electron chi connectivity index (χ3n) is 4.70. The van der Waals surface area contributed by atoms with Gasteiger partial charge in [0.1, 0.15) is 11.8 Å². The van der Waals surface area contributed by atoms with E-state index in [1.54, 1.807) is 12.1 Å². The van der Waals surface area contributed by atoms with Crippen molar-refractivity contribution >= 4 is 17.5 Å². The molecule has 126 valence electrons. The summed E-state index contributed by atoms with van der Waals surface area (Å²) in [6, 6.07) is 6.06. The number of anilines is 1. The van der Waals surface area contributed by atoms with Crippen LogP contribution in [0.4, 0.5) is 16.2 Å². The van der Waals surface area contributed by atoms with Crippen molar-refractivity contribution < 1.29 is 14.5 Å². The molecule has 0 saturated heterocycles. The van der Waals surface area contributed by atoms with Crippen LogP contribution in [0.5, 0.6) is 0 Å². The largest absolute Gasteiger partial charge is 0.446 e. The van der Waals surface area contributed by atoms with Crippen LogP contribution < -0.4 is 5.32 Å². The van der Waals surface area contributed by atoms with Crippen LogP contribution >= 0.6 is 0 Å². The molecule has 1 aromatic carbocycles. The molecule has 1 aliphatic rings. The predicted molar refractivity (Wildman–Crippen MR) is 88.3 cm³/mol.